The Balaban J connectivity index is 1.45. The molecule has 1 N–H and O–H groups in total. The minimum Gasteiger partial charge on any atom is -0.490 e. The number of aromatic nitrogens is 1. The number of nitrogens with zero attached hydrogens (tertiary/aromatic N) is 1. The van der Waals surface area contributed by atoms with Crippen LogP contribution in [0.5, 0.6) is 5.75 Å². The number of hydrogen-bond acceptors (Lipinski definition) is 4. The van der Waals surface area contributed by atoms with E-state index in [1.54, 1.807) is 0 Å². The monoisotopic (exact) mass is 304 g/mol. The third-order valence-corrected chi connectivity index (χ3v) is 4.83. The Hall–Kier alpha value is -1.13. The van der Waals surface area contributed by atoms with Gasteiger partial charge in [0, 0.05) is 18.0 Å². The van der Waals surface area contributed by atoms with Crippen LogP contribution in [0.3, 0.4) is 0 Å². The molecule has 2 aliphatic rings. The summed E-state index contributed by atoms with van der Waals surface area (Å²) in [6.07, 6.45) is 12.7. The molecule has 1 aliphatic carbocycles. The number of aryl methyl sites for hydroxylation is 1. The molecule has 0 atom stereocenters. The molecule has 1 aromatic heterocycles. The highest BCUT2D eigenvalue weighted by molar-refractivity contribution is 5.30. The van der Waals surface area contributed by atoms with Gasteiger partial charge in [0.05, 0.1) is 18.3 Å². The van der Waals surface area contributed by atoms with Gasteiger partial charge in [-0.25, -0.2) is 0 Å². The summed E-state index contributed by atoms with van der Waals surface area (Å²) in [5, 5.41) is 3.39. The van der Waals surface area contributed by atoms with Gasteiger partial charge in [0.2, 0.25) is 0 Å². The first-order valence-electron chi connectivity index (χ1n) is 8.81. The molecule has 0 amide bonds. The molecule has 3 rings (SSSR count). The van der Waals surface area contributed by atoms with Crippen molar-refractivity contribution >= 4 is 0 Å². The number of nitrogens with one attached hydrogen (secondary N) is 1. The fourth-order valence-corrected chi connectivity index (χ4v) is 3.46. The molecule has 4 heteroatoms. The van der Waals surface area contributed by atoms with Crippen LogP contribution in [0.4, 0.5) is 0 Å². The van der Waals surface area contributed by atoms with Crippen molar-refractivity contribution in [3.05, 3.63) is 24.0 Å². The van der Waals surface area contributed by atoms with Gasteiger partial charge in [-0.1, -0.05) is 6.92 Å². The molecule has 0 spiro atoms. The molecule has 22 heavy (non-hydrogen) atoms. The minimum atomic E-state index is 0.334. The fourth-order valence-electron chi connectivity index (χ4n) is 3.46. The van der Waals surface area contributed by atoms with E-state index in [2.05, 4.69) is 17.2 Å². The number of ether oxygens (including phenoxy) is 2. The number of rotatable bonds is 5. The van der Waals surface area contributed by atoms with E-state index in [0.29, 0.717) is 18.3 Å². The van der Waals surface area contributed by atoms with Gasteiger partial charge in [0.1, 0.15) is 5.75 Å². The highest BCUT2D eigenvalue weighted by atomic mass is 16.5. The van der Waals surface area contributed by atoms with Crippen molar-refractivity contribution in [3.63, 3.8) is 0 Å². The highest BCUT2D eigenvalue weighted by Crippen LogP contribution is 2.28. The van der Waals surface area contributed by atoms with Crippen LogP contribution in [0, 0.1) is 0 Å². The predicted octanol–water partition coefficient (Wildman–Crippen LogP) is 3.10. The van der Waals surface area contributed by atoms with E-state index >= 15 is 0 Å². The Labute approximate surface area is 133 Å². The van der Waals surface area contributed by atoms with Crippen molar-refractivity contribution in [2.24, 2.45) is 0 Å². The highest BCUT2D eigenvalue weighted by Gasteiger charge is 2.26. The molecule has 1 saturated heterocycles. The van der Waals surface area contributed by atoms with Crippen molar-refractivity contribution < 1.29 is 9.47 Å². The number of hydrogen-bond donors (Lipinski definition) is 1. The molecule has 2 fully saturated rings. The lowest BCUT2D eigenvalue weighted by atomic mass is 9.94. The Kier molecular flexibility index (Phi) is 5.68. The van der Waals surface area contributed by atoms with Crippen LogP contribution < -0.4 is 10.1 Å². The van der Waals surface area contributed by atoms with Crippen LogP contribution in [-0.4, -0.2) is 36.4 Å². The van der Waals surface area contributed by atoms with E-state index in [1.807, 2.05) is 18.5 Å². The van der Waals surface area contributed by atoms with Crippen LogP contribution in [0.25, 0.3) is 0 Å². The zero-order valence-electron chi connectivity index (χ0n) is 13.6. The minimum absolute atomic E-state index is 0.334. The van der Waals surface area contributed by atoms with Crippen LogP contribution in [0.15, 0.2) is 18.5 Å². The van der Waals surface area contributed by atoms with Crippen molar-refractivity contribution in [3.8, 4) is 5.75 Å². The maximum absolute atomic E-state index is 6.27. The van der Waals surface area contributed by atoms with Crippen molar-refractivity contribution in [2.45, 2.75) is 70.2 Å². The average Bonchev–Trinajstić information content (AvgIpc) is 2.58. The van der Waals surface area contributed by atoms with E-state index in [4.69, 9.17) is 9.47 Å². The van der Waals surface area contributed by atoms with Crippen LogP contribution in [0.1, 0.15) is 51.0 Å². The predicted molar refractivity (Wildman–Crippen MR) is 87.3 cm³/mol. The van der Waals surface area contributed by atoms with Crippen LogP contribution >= 0.6 is 0 Å². The zero-order chi connectivity index (χ0) is 15.2. The maximum atomic E-state index is 6.27. The maximum Gasteiger partial charge on any atom is 0.125 e. The molecular formula is C18H28N2O2. The van der Waals surface area contributed by atoms with Crippen LogP contribution in [0.2, 0.25) is 0 Å². The quantitative estimate of drug-likeness (QED) is 0.908. The summed E-state index contributed by atoms with van der Waals surface area (Å²) in [5.74, 6) is 1.01. The summed E-state index contributed by atoms with van der Waals surface area (Å²) in [6.45, 7) is 4.35. The normalized spacial score (nSPS) is 26.8. The molecule has 2 heterocycles. The van der Waals surface area contributed by atoms with E-state index in [1.165, 1.54) is 5.56 Å². The second-order valence-corrected chi connectivity index (χ2v) is 6.44. The van der Waals surface area contributed by atoms with E-state index < -0.39 is 0 Å². The van der Waals surface area contributed by atoms with E-state index in [0.717, 1.165) is 63.8 Å². The molecule has 0 bridgehead atoms. The molecule has 122 valence electrons. The van der Waals surface area contributed by atoms with Gasteiger partial charge in [0.15, 0.2) is 0 Å². The first kappa shape index (κ1) is 15.8. The molecule has 4 nitrogen and oxygen atoms in total. The SMILES string of the molecule is CCc1cnccc1O[C@H]1CC[C@H](OC2CCNCC2)CC1. The lowest BCUT2D eigenvalue weighted by Crippen LogP contribution is -2.37. The smallest absolute Gasteiger partial charge is 0.125 e. The van der Waals surface area contributed by atoms with Gasteiger partial charge in [0.25, 0.3) is 0 Å². The standard InChI is InChI=1S/C18H28N2O2/c1-2-14-13-20-12-9-18(14)22-16-5-3-15(4-6-16)21-17-7-10-19-11-8-17/h9,12-13,15-17,19H,2-8,10-11H2,1H3/t15-,16-. The Morgan fingerprint density at radius 1 is 1.05 bits per heavy atom. The molecule has 1 saturated carbocycles. The zero-order valence-corrected chi connectivity index (χ0v) is 13.6. The Bertz CT molecular complexity index is 452. The lowest BCUT2D eigenvalue weighted by molar-refractivity contribution is -0.0549. The molecule has 0 radical (unpaired) electrons. The van der Waals surface area contributed by atoms with Gasteiger partial charge in [-0.2, -0.15) is 0 Å². The first-order chi connectivity index (χ1) is 10.8. The summed E-state index contributed by atoms with van der Waals surface area (Å²) in [7, 11) is 0. The van der Waals surface area contributed by atoms with Gasteiger partial charge in [-0.3, -0.25) is 4.98 Å². The molecule has 0 aromatic carbocycles. The fraction of sp³-hybridized carbons (Fsp3) is 0.722. The van der Waals surface area contributed by atoms with Crippen molar-refractivity contribution in [1.82, 2.24) is 10.3 Å². The second kappa shape index (κ2) is 7.93. The molecule has 1 aromatic rings. The summed E-state index contributed by atoms with van der Waals surface area (Å²) >= 11 is 0. The second-order valence-electron chi connectivity index (χ2n) is 6.44. The van der Waals surface area contributed by atoms with Crippen molar-refractivity contribution in [1.29, 1.82) is 0 Å². The first-order valence-corrected chi connectivity index (χ1v) is 8.81. The number of piperidine rings is 1. The van der Waals surface area contributed by atoms with Crippen LogP contribution in [-0.2, 0) is 11.2 Å². The third kappa shape index (κ3) is 4.20. The largest absolute Gasteiger partial charge is 0.490 e. The summed E-state index contributed by atoms with van der Waals surface area (Å²) in [5.41, 5.74) is 1.20. The molecule has 0 unspecified atom stereocenters. The molecule has 1 aliphatic heterocycles. The van der Waals surface area contributed by atoms with E-state index in [9.17, 15) is 0 Å². The van der Waals surface area contributed by atoms with Gasteiger partial charge >= 0.3 is 0 Å². The Morgan fingerprint density at radius 2 is 1.73 bits per heavy atom. The Morgan fingerprint density at radius 3 is 2.45 bits per heavy atom. The summed E-state index contributed by atoms with van der Waals surface area (Å²) in [4.78, 5) is 4.18. The summed E-state index contributed by atoms with van der Waals surface area (Å²) < 4.78 is 12.5. The topological polar surface area (TPSA) is 43.4 Å². The van der Waals surface area contributed by atoms with Gasteiger partial charge < -0.3 is 14.8 Å². The van der Waals surface area contributed by atoms with Gasteiger partial charge in [-0.05, 0) is 64.1 Å². The number of pyridine rings is 1. The lowest BCUT2D eigenvalue weighted by Gasteiger charge is -2.33. The third-order valence-electron chi connectivity index (χ3n) is 4.83. The average molecular weight is 304 g/mol. The van der Waals surface area contributed by atoms with Crippen molar-refractivity contribution in [2.75, 3.05) is 13.1 Å². The molecular weight excluding hydrogens is 276 g/mol. The van der Waals surface area contributed by atoms with Gasteiger partial charge in [-0.15, -0.1) is 0 Å². The summed E-state index contributed by atoms with van der Waals surface area (Å²) in [6, 6.07) is 2.00. The van der Waals surface area contributed by atoms with E-state index in [-0.39, 0.29) is 0 Å².